The van der Waals surface area contributed by atoms with E-state index in [1.807, 2.05) is 38.1 Å². The van der Waals surface area contributed by atoms with Crippen LogP contribution >= 0.6 is 0 Å². The van der Waals surface area contributed by atoms with Crippen LogP contribution < -0.4 is 20.9 Å². The smallest absolute Gasteiger partial charge is 0.119 e. The minimum absolute atomic E-state index is 0.0870. The van der Waals surface area contributed by atoms with Crippen LogP contribution in [0.3, 0.4) is 0 Å². The normalized spacial score (nSPS) is 20.5. The van der Waals surface area contributed by atoms with Crippen molar-refractivity contribution >= 4 is 0 Å². The molecule has 2 aromatic rings. The summed E-state index contributed by atoms with van der Waals surface area (Å²) in [5, 5.41) is 0. The summed E-state index contributed by atoms with van der Waals surface area (Å²) in [6.45, 7) is 12.4. The van der Waals surface area contributed by atoms with Crippen LogP contribution in [-0.2, 0) is 19.6 Å². The standard InChI is InChI=1S/C21H24O4.C6H16N2O/c1-21(2,15-3-7-17(8-4-15)22-11-19-13-24-19)16-5-9-18(10-6-16)23-12-20-14-25-20;1-5(7)3-9-4-6(2)8/h3-10,19-20H,11-14H2,1-2H3;5-6H,3-4,7-8H2,1-2H3. The van der Waals surface area contributed by atoms with Crippen LogP contribution in [0.1, 0.15) is 38.8 Å². The molecular weight excluding hydrogens is 432 g/mol. The largest absolute Gasteiger partial charge is 0.491 e. The van der Waals surface area contributed by atoms with Crippen LogP contribution in [0.4, 0.5) is 0 Å². The van der Waals surface area contributed by atoms with Crippen molar-refractivity contribution in [2.24, 2.45) is 11.5 Å². The number of hydrogen-bond acceptors (Lipinski definition) is 7. The van der Waals surface area contributed by atoms with E-state index in [2.05, 4.69) is 38.1 Å². The summed E-state index contributed by atoms with van der Waals surface area (Å²) in [5.41, 5.74) is 13.2. The fourth-order valence-electron chi connectivity index (χ4n) is 3.25. The van der Waals surface area contributed by atoms with Crippen LogP contribution in [0.2, 0.25) is 0 Å². The molecule has 0 amide bonds. The van der Waals surface area contributed by atoms with E-state index >= 15 is 0 Å². The minimum Gasteiger partial charge on any atom is -0.491 e. The van der Waals surface area contributed by atoms with Crippen molar-refractivity contribution in [3.63, 3.8) is 0 Å². The zero-order valence-electron chi connectivity index (χ0n) is 20.9. The molecule has 7 nitrogen and oxygen atoms in total. The Bertz CT molecular complexity index is 775. The lowest BCUT2D eigenvalue weighted by molar-refractivity contribution is 0.115. The van der Waals surface area contributed by atoms with Crippen molar-refractivity contribution < 1.29 is 23.7 Å². The van der Waals surface area contributed by atoms with E-state index < -0.39 is 0 Å². The molecule has 2 aliphatic rings. The van der Waals surface area contributed by atoms with Gasteiger partial charge in [0.05, 0.1) is 26.4 Å². The molecule has 7 heteroatoms. The molecule has 0 aliphatic carbocycles. The van der Waals surface area contributed by atoms with E-state index in [4.69, 9.17) is 35.2 Å². The predicted molar refractivity (Wildman–Crippen MR) is 134 cm³/mol. The molecule has 2 fully saturated rings. The third-order valence-electron chi connectivity index (χ3n) is 5.59. The SMILES string of the molecule is CC(C)(c1ccc(OCC2CO2)cc1)c1ccc(OCC2CO2)cc1.CC(N)COCC(C)N. The lowest BCUT2D eigenvalue weighted by Crippen LogP contribution is -2.27. The quantitative estimate of drug-likeness (QED) is 0.457. The summed E-state index contributed by atoms with van der Waals surface area (Å²) in [5.74, 6) is 1.78. The van der Waals surface area contributed by atoms with Crippen LogP contribution in [0, 0.1) is 0 Å². The maximum atomic E-state index is 5.72. The van der Waals surface area contributed by atoms with Gasteiger partial charge in [-0.15, -0.1) is 0 Å². The van der Waals surface area contributed by atoms with Gasteiger partial charge in [-0.2, -0.15) is 0 Å². The van der Waals surface area contributed by atoms with E-state index in [-0.39, 0.29) is 29.7 Å². The van der Waals surface area contributed by atoms with Crippen molar-refractivity contribution in [1.82, 2.24) is 0 Å². The summed E-state index contributed by atoms with van der Waals surface area (Å²) in [6.07, 6.45) is 0.562. The van der Waals surface area contributed by atoms with Gasteiger partial charge in [-0.25, -0.2) is 0 Å². The average Bonchev–Trinajstić information content (AvgIpc) is 3.72. The van der Waals surface area contributed by atoms with E-state index in [9.17, 15) is 0 Å². The Morgan fingerprint density at radius 1 is 0.765 bits per heavy atom. The van der Waals surface area contributed by atoms with Gasteiger partial charge in [0.25, 0.3) is 0 Å². The molecule has 188 valence electrons. The lowest BCUT2D eigenvalue weighted by atomic mass is 9.78. The third kappa shape index (κ3) is 9.24. The van der Waals surface area contributed by atoms with Crippen LogP contribution in [0.25, 0.3) is 0 Å². The van der Waals surface area contributed by atoms with Gasteiger partial charge in [-0.05, 0) is 49.2 Å². The lowest BCUT2D eigenvalue weighted by Gasteiger charge is -2.26. The first-order valence-corrected chi connectivity index (χ1v) is 12.0. The van der Waals surface area contributed by atoms with Crippen molar-refractivity contribution in [2.45, 2.75) is 57.4 Å². The highest BCUT2D eigenvalue weighted by Gasteiger charge is 2.25. The zero-order valence-corrected chi connectivity index (χ0v) is 20.9. The number of benzene rings is 2. The molecule has 0 spiro atoms. The van der Waals surface area contributed by atoms with Gasteiger partial charge in [0.15, 0.2) is 0 Å². The van der Waals surface area contributed by atoms with Gasteiger partial charge < -0.3 is 35.2 Å². The first-order valence-electron chi connectivity index (χ1n) is 12.0. The minimum atomic E-state index is -0.0870. The third-order valence-corrected chi connectivity index (χ3v) is 5.59. The summed E-state index contributed by atoms with van der Waals surface area (Å²) < 4.78 is 26.9. The topological polar surface area (TPSA) is 105 Å². The highest BCUT2D eigenvalue weighted by molar-refractivity contribution is 5.41. The average molecular weight is 473 g/mol. The molecule has 0 saturated carbocycles. The van der Waals surface area contributed by atoms with E-state index in [0.29, 0.717) is 26.4 Å². The van der Waals surface area contributed by atoms with E-state index in [0.717, 1.165) is 24.7 Å². The fraction of sp³-hybridized carbons (Fsp3) is 0.556. The molecule has 2 heterocycles. The first-order chi connectivity index (χ1) is 16.2. The Kier molecular flexibility index (Phi) is 9.74. The molecule has 2 aliphatic heterocycles. The van der Waals surface area contributed by atoms with E-state index in [1.165, 1.54) is 11.1 Å². The molecule has 2 aromatic carbocycles. The first kappa shape index (κ1) is 26.4. The molecule has 2 saturated heterocycles. The number of ether oxygens (including phenoxy) is 5. The molecule has 0 bridgehead atoms. The molecular formula is C27H40N2O5. The Balaban J connectivity index is 0.000000309. The Labute approximate surface area is 203 Å². The fourth-order valence-corrected chi connectivity index (χ4v) is 3.25. The van der Waals surface area contributed by atoms with Crippen LogP contribution in [-0.4, -0.2) is 63.9 Å². The Morgan fingerprint density at radius 2 is 1.12 bits per heavy atom. The van der Waals surface area contributed by atoms with Crippen LogP contribution in [0.15, 0.2) is 48.5 Å². The zero-order chi connectivity index (χ0) is 24.6. The number of nitrogens with two attached hydrogens (primary N) is 2. The summed E-state index contributed by atoms with van der Waals surface area (Å²) in [6, 6.07) is 16.9. The van der Waals surface area contributed by atoms with Gasteiger partial charge in [0.1, 0.15) is 36.9 Å². The maximum Gasteiger partial charge on any atom is 0.119 e. The van der Waals surface area contributed by atoms with Gasteiger partial charge in [0, 0.05) is 17.5 Å². The Hall–Kier alpha value is -2.16. The monoisotopic (exact) mass is 472 g/mol. The van der Waals surface area contributed by atoms with Gasteiger partial charge >= 0.3 is 0 Å². The predicted octanol–water partition coefficient (Wildman–Crippen LogP) is 3.27. The number of rotatable bonds is 12. The second kappa shape index (κ2) is 12.5. The van der Waals surface area contributed by atoms with E-state index in [1.54, 1.807) is 0 Å². The summed E-state index contributed by atoms with van der Waals surface area (Å²) >= 11 is 0. The maximum absolute atomic E-state index is 5.72. The highest BCUT2D eigenvalue weighted by atomic mass is 16.6. The summed E-state index contributed by atoms with van der Waals surface area (Å²) in [4.78, 5) is 0. The van der Waals surface area contributed by atoms with Crippen molar-refractivity contribution in [2.75, 3.05) is 39.6 Å². The number of epoxide rings is 2. The summed E-state index contributed by atoms with van der Waals surface area (Å²) in [7, 11) is 0. The second-order valence-electron chi connectivity index (χ2n) is 9.70. The molecule has 4 rings (SSSR count). The molecule has 0 radical (unpaired) electrons. The molecule has 0 aromatic heterocycles. The van der Waals surface area contributed by atoms with Crippen molar-refractivity contribution in [3.05, 3.63) is 59.7 Å². The van der Waals surface area contributed by atoms with Crippen molar-refractivity contribution in [3.8, 4) is 11.5 Å². The molecule has 4 unspecified atom stereocenters. The molecule has 4 N–H and O–H groups in total. The van der Waals surface area contributed by atoms with Gasteiger partial charge in [-0.1, -0.05) is 38.1 Å². The molecule has 4 atom stereocenters. The molecule has 34 heavy (non-hydrogen) atoms. The van der Waals surface area contributed by atoms with Gasteiger partial charge in [-0.3, -0.25) is 0 Å². The Morgan fingerprint density at radius 3 is 1.41 bits per heavy atom. The number of hydrogen-bond donors (Lipinski definition) is 2. The second-order valence-corrected chi connectivity index (χ2v) is 9.70. The van der Waals surface area contributed by atoms with Crippen LogP contribution in [0.5, 0.6) is 11.5 Å². The van der Waals surface area contributed by atoms with Crippen molar-refractivity contribution in [1.29, 1.82) is 0 Å². The van der Waals surface area contributed by atoms with Gasteiger partial charge in [0.2, 0.25) is 0 Å². The highest BCUT2D eigenvalue weighted by Crippen LogP contribution is 2.33.